The zero-order valence-electron chi connectivity index (χ0n) is 13.4. The van der Waals surface area contributed by atoms with Gasteiger partial charge in [0.05, 0.1) is 17.3 Å². The number of hydrogen-bond donors (Lipinski definition) is 2. The van der Waals surface area contributed by atoms with E-state index in [9.17, 15) is 0 Å². The van der Waals surface area contributed by atoms with Crippen molar-refractivity contribution in [2.24, 2.45) is 0 Å². The topological polar surface area (TPSA) is 44.7 Å². The van der Waals surface area contributed by atoms with Crippen molar-refractivity contribution in [1.82, 2.24) is 5.32 Å². The second-order valence-electron chi connectivity index (χ2n) is 5.22. The first-order valence-electron chi connectivity index (χ1n) is 7.90. The summed E-state index contributed by atoms with van der Waals surface area (Å²) >= 11 is 11.8. The Bertz CT molecular complexity index is 605. The molecule has 1 aliphatic rings. The highest BCUT2D eigenvalue weighted by Gasteiger charge is 2.13. The number of benzene rings is 2. The number of hydrogen-bond acceptors (Lipinski definition) is 4. The van der Waals surface area contributed by atoms with Gasteiger partial charge >= 0.3 is 0 Å². The molecule has 0 atom stereocenters. The summed E-state index contributed by atoms with van der Waals surface area (Å²) in [4.78, 5) is 2.26. The van der Waals surface area contributed by atoms with Gasteiger partial charge < -0.3 is 20.1 Å². The van der Waals surface area contributed by atoms with Crippen molar-refractivity contribution in [2.45, 2.75) is 0 Å². The first kappa shape index (κ1) is 18.9. The second kappa shape index (κ2) is 10.4. The van der Waals surface area contributed by atoms with Gasteiger partial charge in [0.25, 0.3) is 0 Å². The van der Waals surface area contributed by atoms with E-state index >= 15 is 0 Å². The molecule has 2 aromatic rings. The van der Waals surface area contributed by atoms with E-state index in [2.05, 4.69) is 10.2 Å². The molecule has 1 fully saturated rings. The van der Waals surface area contributed by atoms with Gasteiger partial charge in [0, 0.05) is 37.3 Å². The number of ether oxygens (including phenoxy) is 1. The van der Waals surface area contributed by atoms with E-state index in [0.29, 0.717) is 17.4 Å². The molecule has 130 valence electrons. The van der Waals surface area contributed by atoms with E-state index < -0.39 is 0 Å². The van der Waals surface area contributed by atoms with Gasteiger partial charge in [-0.1, -0.05) is 41.4 Å². The molecule has 2 N–H and O–H groups in total. The quantitative estimate of drug-likeness (QED) is 0.867. The second-order valence-corrected chi connectivity index (χ2v) is 6.06. The molecule has 0 aliphatic carbocycles. The lowest BCUT2D eigenvalue weighted by atomic mass is 10.2. The monoisotopic (exact) mass is 368 g/mol. The molecule has 1 heterocycles. The highest BCUT2D eigenvalue weighted by atomic mass is 35.5. The van der Waals surface area contributed by atoms with Crippen LogP contribution in [0.25, 0.3) is 0 Å². The molecule has 6 heteroatoms. The van der Waals surface area contributed by atoms with E-state index in [1.807, 2.05) is 42.5 Å². The van der Waals surface area contributed by atoms with E-state index in [4.69, 9.17) is 33.0 Å². The van der Waals surface area contributed by atoms with Gasteiger partial charge in [-0.2, -0.15) is 0 Å². The third-order valence-corrected chi connectivity index (χ3v) is 4.02. The summed E-state index contributed by atoms with van der Waals surface area (Å²) in [6.45, 7) is 4.21. The van der Waals surface area contributed by atoms with Crippen molar-refractivity contribution in [3.05, 3.63) is 58.6 Å². The lowest BCUT2D eigenvalue weighted by molar-refractivity contribution is 0.201. The molecule has 3 rings (SSSR count). The molecule has 0 aromatic heterocycles. The van der Waals surface area contributed by atoms with Crippen molar-refractivity contribution in [3.8, 4) is 5.75 Å². The van der Waals surface area contributed by atoms with Crippen LogP contribution in [0.4, 0.5) is 5.69 Å². The van der Waals surface area contributed by atoms with Crippen LogP contribution in [0.3, 0.4) is 0 Å². The van der Waals surface area contributed by atoms with Gasteiger partial charge in [-0.25, -0.2) is 0 Å². The van der Waals surface area contributed by atoms with Gasteiger partial charge in [0.2, 0.25) is 0 Å². The minimum atomic E-state index is 0.0111. The minimum Gasteiger partial charge on any atom is -0.491 e. The molecule has 0 unspecified atom stereocenters. The van der Waals surface area contributed by atoms with Gasteiger partial charge in [-0.3, -0.25) is 0 Å². The van der Waals surface area contributed by atoms with Crippen LogP contribution in [0.1, 0.15) is 0 Å². The van der Waals surface area contributed by atoms with Crippen LogP contribution in [-0.4, -0.2) is 44.5 Å². The molecular weight excluding hydrogens is 347 g/mol. The Kier molecular flexibility index (Phi) is 8.19. The number of anilines is 1. The first-order chi connectivity index (χ1) is 11.7. The van der Waals surface area contributed by atoms with Crippen molar-refractivity contribution in [2.75, 3.05) is 44.3 Å². The fraction of sp³-hybridized carbons (Fsp3) is 0.333. The SMILES string of the molecule is Clc1ccccc1.OCCOc1ccc(N2CCNCC2)c(Cl)c1. The van der Waals surface area contributed by atoms with E-state index in [1.165, 1.54) is 0 Å². The van der Waals surface area contributed by atoms with E-state index in [0.717, 1.165) is 36.9 Å². The number of rotatable bonds is 4. The number of aliphatic hydroxyl groups is 1. The molecule has 24 heavy (non-hydrogen) atoms. The predicted octanol–water partition coefficient (Wildman–Crippen LogP) is 3.46. The average Bonchev–Trinajstić information content (AvgIpc) is 2.62. The minimum absolute atomic E-state index is 0.0111. The number of halogens is 2. The molecule has 0 radical (unpaired) electrons. The molecule has 0 saturated carbocycles. The fourth-order valence-electron chi connectivity index (χ4n) is 2.32. The number of nitrogens with one attached hydrogen (secondary N) is 1. The summed E-state index contributed by atoms with van der Waals surface area (Å²) in [6.07, 6.45) is 0. The third kappa shape index (κ3) is 6.21. The number of piperazine rings is 1. The molecule has 0 bridgehead atoms. The predicted molar refractivity (Wildman–Crippen MR) is 101 cm³/mol. The van der Waals surface area contributed by atoms with Crippen molar-refractivity contribution < 1.29 is 9.84 Å². The smallest absolute Gasteiger partial charge is 0.121 e. The summed E-state index contributed by atoms with van der Waals surface area (Å²) < 4.78 is 5.31. The van der Waals surface area contributed by atoms with Crippen LogP contribution >= 0.6 is 23.2 Å². The zero-order valence-corrected chi connectivity index (χ0v) is 14.9. The van der Waals surface area contributed by atoms with Crippen LogP contribution in [0.2, 0.25) is 10.0 Å². The lowest BCUT2D eigenvalue weighted by Crippen LogP contribution is -2.43. The summed E-state index contributed by atoms with van der Waals surface area (Å²) in [7, 11) is 0. The van der Waals surface area contributed by atoms with E-state index in [1.54, 1.807) is 6.07 Å². The van der Waals surface area contributed by atoms with Gasteiger partial charge in [-0.15, -0.1) is 0 Å². The molecule has 0 spiro atoms. The van der Waals surface area contributed by atoms with Crippen LogP contribution in [0, 0.1) is 0 Å². The van der Waals surface area contributed by atoms with Crippen molar-refractivity contribution in [3.63, 3.8) is 0 Å². The van der Waals surface area contributed by atoms with Gasteiger partial charge in [0.15, 0.2) is 0 Å². The molecule has 4 nitrogen and oxygen atoms in total. The number of aliphatic hydroxyl groups excluding tert-OH is 1. The number of nitrogens with zero attached hydrogens (tertiary/aromatic N) is 1. The Morgan fingerprint density at radius 3 is 2.29 bits per heavy atom. The Labute approximate surface area is 153 Å². The Hall–Kier alpha value is -1.46. The third-order valence-electron chi connectivity index (χ3n) is 3.47. The zero-order chi connectivity index (χ0) is 17.2. The Morgan fingerprint density at radius 1 is 1.04 bits per heavy atom. The normalized spacial score (nSPS) is 13.9. The fourth-order valence-corrected chi connectivity index (χ4v) is 2.75. The van der Waals surface area contributed by atoms with Crippen molar-refractivity contribution >= 4 is 28.9 Å². The van der Waals surface area contributed by atoms with E-state index in [-0.39, 0.29) is 6.61 Å². The Balaban J connectivity index is 0.000000249. The van der Waals surface area contributed by atoms with Crippen LogP contribution in [-0.2, 0) is 0 Å². The summed E-state index contributed by atoms with van der Waals surface area (Å²) in [5, 5.41) is 13.5. The molecular formula is C18H22Cl2N2O2. The molecule has 1 saturated heterocycles. The van der Waals surface area contributed by atoms with Gasteiger partial charge in [0.1, 0.15) is 12.4 Å². The standard InChI is InChI=1S/C12H17ClN2O2.C6H5Cl/c13-11-9-10(17-8-7-16)1-2-12(11)15-5-3-14-4-6-15;7-6-4-2-1-3-5-6/h1-2,9,14,16H,3-8H2;1-5H. The summed E-state index contributed by atoms with van der Waals surface area (Å²) in [5.74, 6) is 0.697. The maximum atomic E-state index is 8.68. The van der Waals surface area contributed by atoms with Crippen molar-refractivity contribution in [1.29, 1.82) is 0 Å². The highest BCUT2D eigenvalue weighted by Crippen LogP contribution is 2.30. The van der Waals surface area contributed by atoms with Crippen LogP contribution < -0.4 is 15.0 Å². The summed E-state index contributed by atoms with van der Waals surface area (Å²) in [5.41, 5.74) is 1.05. The molecule has 2 aromatic carbocycles. The summed E-state index contributed by atoms with van der Waals surface area (Å²) in [6, 6.07) is 15.1. The lowest BCUT2D eigenvalue weighted by Gasteiger charge is -2.30. The van der Waals surface area contributed by atoms with Crippen LogP contribution in [0.15, 0.2) is 48.5 Å². The van der Waals surface area contributed by atoms with Gasteiger partial charge in [-0.05, 0) is 24.3 Å². The Morgan fingerprint density at radius 2 is 1.75 bits per heavy atom. The molecule has 1 aliphatic heterocycles. The molecule has 0 amide bonds. The highest BCUT2D eigenvalue weighted by molar-refractivity contribution is 6.33. The maximum absolute atomic E-state index is 8.68. The first-order valence-corrected chi connectivity index (χ1v) is 8.65. The largest absolute Gasteiger partial charge is 0.491 e. The maximum Gasteiger partial charge on any atom is 0.121 e. The average molecular weight is 369 g/mol. The van der Waals surface area contributed by atoms with Crippen LogP contribution in [0.5, 0.6) is 5.75 Å².